The van der Waals surface area contributed by atoms with Crippen molar-refractivity contribution in [1.29, 1.82) is 0 Å². The van der Waals surface area contributed by atoms with Crippen LogP contribution >= 0.6 is 22.9 Å². The lowest BCUT2D eigenvalue weighted by Gasteiger charge is -2.24. The van der Waals surface area contributed by atoms with Crippen molar-refractivity contribution in [2.45, 2.75) is 25.7 Å². The molecule has 3 rings (SSSR count). The number of thiophene rings is 1. The summed E-state index contributed by atoms with van der Waals surface area (Å²) in [7, 11) is 0. The van der Waals surface area contributed by atoms with Crippen LogP contribution in [0.1, 0.15) is 25.1 Å². The summed E-state index contributed by atoms with van der Waals surface area (Å²) in [6.07, 6.45) is 5.00. The lowest BCUT2D eigenvalue weighted by molar-refractivity contribution is 0.309. The minimum Gasteiger partial charge on any atom is -0.222 e. The monoisotopic (exact) mass is 238 g/mol. The van der Waals surface area contributed by atoms with Gasteiger partial charge >= 0.3 is 0 Å². The van der Waals surface area contributed by atoms with Crippen LogP contribution in [0.4, 0.5) is 0 Å². The van der Waals surface area contributed by atoms with Gasteiger partial charge in [0.1, 0.15) is 15.8 Å². The normalized spacial score (nSPS) is 16.9. The van der Waals surface area contributed by atoms with Gasteiger partial charge in [0.25, 0.3) is 0 Å². The van der Waals surface area contributed by atoms with Crippen LogP contribution in [0.5, 0.6) is 0 Å². The quantitative estimate of drug-likeness (QED) is 0.746. The molecular formula is C11H11ClN2S. The summed E-state index contributed by atoms with van der Waals surface area (Å²) in [4.78, 5) is 9.92. The average molecular weight is 239 g/mol. The molecule has 0 aliphatic heterocycles. The second kappa shape index (κ2) is 3.72. The van der Waals surface area contributed by atoms with Gasteiger partial charge in [-0.25, -0.2) is 9.97 Å². The lowest BCUT2D eigenvalue weighted by atomic mass is 9.83. The number of aromatic nitrogens is 2. The fourth-order valence-corrected chi connectivity index (χ4v) is 3.00. The van der Waals surface area contributed by atoms with Crippen LogP contribution in [0.15, 0.2) is 11.4 Å². The molecule has 1 aliphatic carbocycles. The molecule has 0 N–H and O–H groups in total. The van der Waals surface area contributed by atoms with Gasteiger partial charge in [-0.2, -0.15) is 0 Å². The van der Waals surface area contributed by atoms with E-state index in [1.165, 1.54) is 19.3 Å². The third kappa shape index (κ3) is 1.74. The minimum atomic E-state index is 0.607. The minimum absolute atomic E-state index is 0.607. The molecule has 2 aromatic heterocycles. The predicted molar refractivity (Wildman–Crippen MR) is 63.5 cm³/mol. The van der Waals surface area contributed by atoms with E-state index in [1.54, 1.807) is 11.3 Å². The Morgan fingerprint density at radius 1 is 1.40 bits per heavy atom. The van der Waals surface area contributed by atoms with E-state index < -0.39 is 0 Å². The van der Waals surface area contributed by atoms with Crippen LogP contribution in [0.2, 0.25) is 5.15 Å². The summed E-state index contributed by atoms with van der Waals surface area (Å²) in [6.45, 7) is 0. The highest BCUT2D eigenvalue weighted by atomic mass is 35.5. The van der Waals surface area contributed by atoms with Gasteiger partial charge in [0.05, 0.1) is 0 Å². The second-order valence-electron chi connectivity index (χ2n) is 4.07. The Labute approximate surface area is 97.3 Å². The summed E-state index contributed by atoms with van der Waals surface area (Å²) in [5.41, 5.74) is 0. The molecular weight excluding hydrogens is 228 g/mol. The fourth-order valence-electron chi connectivity index (χ4n) is 1.91. The molecule has 0 atom stereocenters. The first-order valence-electron chi connectivity index (χ1n) is 5.22. The third-order valence-electron chi connectivity index (χ3n) is 3.02. The smallest absolute Gasteiger partial charge is 0.141 e. The zero-order valence-electron chi connectivity index (χ0n) is 8.24. The Morgan fingerprint density at radius 2 is 2.27 bits per heavy atom. The Kier molecular flexibility index (Phi) is 2.37. The fraction of sp³-hybridized carbons (Fsp3) is 0.455. The maximum atomic E-state index is 6.10. The molecule has 78 valence electrons. The molecule has 0 spiro atoms. The van der Waals surface area contributed by atoms with Crippen LogP contribution in [0.3, 0.4) is 0 Å². The van der Waals surface area contributed by atoms with Gasteiger partial charge in [0.15, 0.2) is 0 Å². The summed E-state index contributed by atoms with van der Waals surface area (Å²) < 4.78 is 0. The van der Waals surface area contributed by atoms with E-state index in [0.717, 1.165) is 28.4 Å². The molecule has 1 fully saturated rings. The van der Waals surface area contributed by atoms with Gasteiger partial charge in [-0.1, -0.05) is 30.9 Å². The van der Waals surface area contributed by atoms with Crippen LogP contribution in [-0.2, 0) is 6.42 Å². The predicted octanol–water partition coefficient (Wildman–Crippen LogP) is 3.69. The highest BCUT2D eigenvalue weighted by Crippen LogP contribution is 2.31. The van der Waals surface area contributed by atoms with E-state index in [0.29, 0.717) is 5.15 Å². The van der Waals surface area contributed by atoms with E-state index in [-0.39, 0.29) is 0 Å². The highest BCUT2D eigenvalue weighted by Gasteiger charge is 2.19. The number of nitrogens with zero attached hydrogens (tertiary/aromatic N) is 2. The van der Waals surface area contributed by atoms with Crippen molar-refractivity contribution in [3.63, 3.8) is 0 Å². The first kappa shape index (κ1) is 9.55. The molecule has 4 heteroatoms. The van der Waals surface area contributed by atoms with E-state index in [4.69, 9.17) is 11.6 Å². The van der Waals surface area contributed by atoms with Crippen molar-refractivity contribution < 1.29 is 0 Å². The first-order chi connectivity index (χ1) is 7.33. The van der Waals surface area contributed by atoms with Gasteiger partial charge in [0.2, 0.25) is 0 Å². The molecule has 0 radical (unpaired) electrons. The third-order valence-corrected chi connectivity index (χ3v) is 4.12. The van der Waals surface area contributed by atoms with Crippen LogP contribution in [0, 0.1) is 5.92 Å². The molecule has 0 bridgehead atoms. The standard InChI is InChI=1S/C11H11ClN2S/c12-10-8-4-5-15-11(8)14-9(13-10)6-7-2-1-3-7/h4-5,7H,1-3,6H2. The van der Waals surface area contributed by atoms with E-state index >= 15 is 0 Å². The Morgan fingerprint density at radius 3 is 3.00 bits per heavy atom. The topological polar surface area (TPSA) is 25.8 Å². The first-order valence-corrected chi connectivity index (χ1v) is 6.48. The molecule has 0 saturated heterocycles. The molecule has 2 aromatic rings. The molecule has 0 aromatic carbocycles. The SMILES string of the molecule is Clc1nc(CC2CCC2)nc2sccc12. The van der Waals surface area contributed by atoms with Crippen molar-refractivity contribution in [2.24, 2.45) is 5.92 Å². The molecule has 2 heterocycles. The second-order valence-corrected chi connectivity index (χ2v) is 5.32. The average Bonchev–Trinajstić information content (AvgIpc) is 2.59. The number of fused-ring (bicyclic) bond motifs is 1. The van der Waals surface area contributed by atoms with Crippen LogP contribution in [0.25, 0.3) is 10.2 Å². The number of hydrogen-bond donors (Lipinski definition) is 0. The van der Waals surface area contributed by atoms with E-state index in [2.05, 4.69) is 9.97 Å². The Hall–Kier alpha value is -0.670. The maximum Gasteiger partial charge on any atom is 0.141 e. The van der Waals surface area contributed by atoms with Gasteiger partial charge in [-0.3, -0.25) is 0 Å². The van der Waals surface area contributed by atoms with Crippen molar-refractivity contribution in [3.05, 3.63) is 22.4 Å². The zero-order chi connectivity index (χ0) is 10.3. The van der Waals surface area contributed by atoms with Crippen molar-refractivity contribution in [1.82, 2.24) is 9.97 Å². The molecule has 0 amide bonds. The number of hydrogen-bond acceptors (Lipinski definition) is 3. The van der Waals surface area contributed by atoms with Gasteiger partial charge < -0.3 is 0 Å². The molecule has 15 heavy (non-hydrogen) atoms. The largest absolute Gasteiger partial charge is 0.222 e. The summed E-state index contributed by atoms with van der Waals surface area (Å²) in [5, 5.41) is 3.60. The van der Waals surface area contributed by atoms with Crippen LogP contribution < -0.4 is 0 Å². The van der Waals surface area contributed by atoms with Crippen molar-refractivity contribution >= 4 is 33.2 Å². The summed E-state index contributed by atoms with van der Waals surface area (Å²) in [6, 6.07) is 1.98. The van der Waals surface area contributed by atoms with Crippen molar-refractivity contribution in [3.8, 4) is 0 Å². The Balaban J connectivity index is 1.96. The van der Waals surface area contributed by atoms with Crippen LogP contribution in [-0.4, -0.2) is 9.97 Å². The Bertz CT molecular complexity index is 490. The number of rotatable bonds is 2. The van der Waals surface area contributed by atoms with Crippen molar-refractivity contribution in [2.75, 3.05) is 0 Å². The number of halogens is 1. The van der Waals surface area contributed by atoms with E-state index in [1.807, 2.05) is 11.4 Å². The van der Waals surface area contributed by atoms with Gasteiger partial charge in [0, 0.05) is 11.8 Å². The molecule has 1 saturated carbocycles. The highest BCUT2D eigenvalue weighted by molar-refractivity contribution is 7.16. The summed E-state index contributed by atoms with van der Waals surface area (Å²) in [5.74, 6) is 1.71. The molecule has 0 unspecified atom stereocenters. The van der Waals surface area contributed by atoms with Gasteiger partial charge in [-0.05, 0) is 17.4 Å². The molecule has 2 nitrogen and oxygen atoms in total. The maximum absolute atomic E-state index is 6.10. The summed E-state index contributed by atoms with van der Waals surface area (Å²) >= 11 is 7.74. The van der Waals surface area contributed by atoms with Gasteiger partial charge in [-0.15, -0.1) is 11.3 Å². The molecule has 1 aliphatic rings. The zero-order valence-corrected chi connectivity index (χ0v) is 9.81. The van der Waals surface area contributed by atoms with E-state index in [9.17, 15) is 0 Å². The lowest BCUT2D eigenvalue weighted by Crippen LogP contribution is -2.15.